The van der Waals surface area contributed by atoms with E-state index in [0.29, 0.717) is 54.7 Å². The number of carbonyl (C=O) groups is 1. The van der Waals surface area contributed by atoms with E-state index in [0.717, 1.165) is 9.13 Å². The highest BCUT2D eigenvalue weighted by Crippen LogP contribution is 2.41. The van der Waals surface area contributed by atoms with Crippen LogP contribution in [0.5, 0.6) is 23.0 Å². The quantitative estimate of drug-likeness (QED) is 0.234. The summed E-state index contributed by atoms with van der Waals surface area (Å²) in [4.78, 5) is 32.4. The maximum absolute atomic E-state index is 14.0. The number of halogens is 2. The van der Waals surface area contributed by atoms with E-state index >= 15 is 0 Å². The summed E-state index contributed by atoms with van der Waals surface area (Å²) in [5.41, 5.74) is 1.83. The lowest BCUT2D eigenvalue weighted by Crippen LogP contribution is -2.40. The van der Waals surface area contributed by atoms with Crippen molar-refractivity contribution in [2.45, 2.75) is 26.8 Å². The number of ether oxygens (including phenoxy) is 5. The Morgan fingerprint density at radius 2 is 1.75 bits per heavy atom. The third kappa shape index (κ3) is 5.66. The summed E-state index contributed by atoms with van der Waals surface area (Å²) < 4.78 is 31.1. The highest BCUT2D eigenvalue weighted by atomic mass is 127. The molecule has 0 fully saturated rings. The van der Waals surface area contributed by atoms with Gasteiger partial charge >= 0.3 is 5.97 Å². The third-order valence-electron chi connectivity index (χ3n) is 6.15. The summed E-state index contributed by atoms with van der Waals surface area (Å²) in [6, 6.07) is 6.42. The van der Waals surface area contributed by atoms with Gasteiger partial charge < -0.3 is 23.7 Å². The smallest absolute Gasteiger partial charge is 0.338 e. The van der Waals surface area contributed by atoms with Gasteiger partial charge in [0.25, 0.3) is 5.56 Å². The molecule has 0 bridgehead atoms. The molecule has 0 saturated carbocycles. The van der Waals surface area contributed by atoms with E-state index in [2.05, 4.69) is 43.5 Å². The fraction of sp³-hybridized carbons (Fsp3) is 0.321. The lowest BCUT2D eigenvalue weighted by atomic mass is 9.95. The topological polar surface area (TPSA) is 97.6 Å². The first-order valence-electron chi connectivity index (χ1n) is 12.3. The molecule has 1 atom stereocenters. The molecule has 0 spiro atoms. The average Bonchev–Trinajstić information content (AvgIpc) is 3.23. The van der Waals surface area contributed by atoms with E-state index in [-0.39, 0.29) is 17.7 Å². The monoisotopic (exact) mass is 742 g/mol. The van der Waals surface area contributed by atoms with Crippen LogP contribution in [0.25, 0.3) is 6.08 Å². The van der Waals surface area contributed by atoms with Crippen LogP contribution >= 0.6 is 49.9 Å². The van der Waals surface area contributed by atoms with Gasteiger partial charge in [0.2, 0.25) is 0 Å². The van der Waals surface area contributed by atoms with Crippen LogP contribution in [0.4, 0.5) is 0 Å². The molecule has 1 aliphatic heterocycles. The molecule has 1 aliphatic rings. The predicted molar refractivity (Wildman–Crippen MR) is 165 cm³/mol. The van der Waals surface area contributed by atoms with Crippen LogP contribution in [0.2, 0.25) is 0 Å². The lowest BCUT2D eigenvalue weighted by Gasteiger charge is -2.26. The lowest BCUT2D eigenvalue weighted by molar-refractivity contribution is -0.139. The zero-order valence-electron chi connectivity index (χ0n) is 22.8. The summed E-state index contributed by atoms with van der Waals surface area (Å²) in [5.74, 6) is 1.63. The Bertz CT molecular complexity index is 1680. The number of thiazole rings is 1. The van der Waals surface area contributed by atoms with Crippen LogP contribution in [0.1, 0.15) is 37.9 Å². The number of esters is 1. The van der Waals surface area contributed by atoms with Crippen molar-refractivity contribution >= 4 is 61.9 Å². The molecule has 0 unspecified atom stereocenters. The van der Waals surface area contributed by atoms with Gasteiger partial charge in [-0.25, -0.2) is 9.79 Å². The van der Waals surface area contributed by atoms with Crippen molar-refractivity contribution in [1.29, 1.82) is 0 Å². The Kier molecular flexibility index (Phi) is 9.62. The van der Waals surface area contributed by atoms with Crippen LogP contribution in [0.15, 0.2) is 49.8 Å². The second kappa shape index (κ2) is 12.8. The van der Waals surface area contributed by atoms with Crippen molar-refractivity contribution in [3.63, 3.8) is 0 Å². The van der Waals surface area contributed by atoms with Gasteiger partial charge in [0.15, 0.2) is 27.8 Å². The van der Waals surface area contributed by atoms with Crippen molar-refractivity contribution in [1.82, 2.24) is 4.57 Å². The summed E-state index contributed by atoms with van der Waals surface area (Å²) in [7, 11) is 4.64. The maximum atomic E-state index is 14.0. The van der Waals surface area contributed by atoms with Gasteiger partial charge in [-0.15, -0.1) is 0 Å². The molecule has 9 nitrogen and oxygen atoms in total. The Labute approximate surface area is 257 Å². The summed E-state index contributed by atoms with van der Waals surface area (Å²) >= 11 is 7.04. The number of aromatic nitrogens is 1. The number of carbonyl (C=O) groups excluding carboxylic acids is 1. The van der Waals surface area contributed by atoms with Gasteiger partial charge in [-0.2, -0.15) is 0 Å². The number of methoxy groups -OCH3 is 3. The van der Waals surface area contributed by atoms with Gasteiger partial charge in [-0.3, -0.25) is 9.36 Å². The number of allylic oxidation sites excluding steroid dienone is 1. The molecule has 40 heavy (non-hydrogen) atoms. The minimum atomic E-state index is -0.818. The van der Waals surface area contributed by atoms with Crippen LogP contribution in [-0.2, 0) is 9.53 Å². The minimum absolute atomic E-state index is 0.179. The normalized spacial score (nSPS) is 14.9. The van der Waals surface area contributed by atoms with Gasteiger partial charge in [0.05, 0.1) is 60.0 Å². The van der Waals surface area contributed by atoms with E-state index < -0.39 is 12.0 Å². The average molecular weight is 743 g/mol. The van der Waals surface area contributed by atoms with Gasteiger partial charge in [-0.05, 0) is 84.8 Å². The zero-order chi connectivity index (χ0) is 29.1. The number of fused-ring (bicyclic) bond motifs is 1. The molecule has 1 aromatic heterocycles. The zero-order valence-corrected chi connectivity index (χ0v) is 27.4. The minimum Gasteiger partial charge on any atom is -0.493 e. The van der Waals surface area contributed by atoms with Gasteiger partial charge in [0.1, 0.15) is 0 Å². The summed E-state index contributed by atoms with van der Waals surface area (Å²) in [6.45, 7) is 6.06. The van der Waals surface area contributed by atoms with Crippen LogP contribution in [-0.4, -0.2) is 45.1 Å². The predicted octanol–water partition coefficient (Wildman–Crippen LogP) is 4.59. The van der Waals surface area contributed by atoms with E-state index in [9.17, 15) is 9.59 Å². The number of hydrogen-bond acceptors (Lipinski definition) is 9. The highest BCUT2D eigenvalue weighted by molar-refractivity contribution is 14.1. The van der Waals surface area contributed by atoms with Crippen molar-refractivity contribution in [2.75, 3.05) is 34.5 Å². The molecule has 0 radical (unpaired) electrons. The molecule has 2 heterocycles. The molecule has 0 amide bonds. The SMILES string of the molecule is CCOC(=O)C1=C(C)N=c2s/c(=C\c3cc(I)c(OCC)c(OC)c3)c(=O)n2[C@H]1c1cc(OC)c(OC)cc1Br. The van der Waals surface area contributed by atoms with Gasteiger partial charge in [0, 0.05) is 4.47 Å². The summed E-state index contributed by atoms with van der Waals surface area (Å²) in [6.07, 6.45) is 1.79. The molecule has 3 aromatic rings. The second-order valence-corrected chi connectivity index (χ2v) is 11.5. The van der Waals surface area contributed by atoms with Crippen molar-refractivity contribution in [3.05, 3.63) is 74.4 Å². The first kappa shape index (κ1) is 30.1. The van der Waals surface area contributed by atoms with E-state index in [1.54, 1.807) is 39.2 Å². The van der Waals surface area contributed by atoms with Crippen molar-refractivity contribution in [3.8, 4) is 23.0 Å². The number of rotatable bonds is 9. The number of hydrogen-bond donors (Lipinski definition) is 0. The molecule has 12 heteroatoms. The summed E-state index contributed by atoms with van der Waals surface area (Å²) in [5, 5.41) is 0. The Balaban J connectivity index is 1.98. The van der Waals surface area contributed by atoms with E-state index in [1.807, 2.05) is 19.1 Å². The molecule has 2 aromatic carbocycles. The van der Waals surface area contributed by atoms with Crippen molar-refractivity contribution in [2.24, 2.45) is 4.99 Å². The van der Waals surface area contributed by atoms with E-state index in [1.165, 1.54) is 30.1 Å². The fourth-order valence-electron chi connectivity index (χ4n) is 4.42. The molecule has 0 aliphatic carbocycles. The fourth-order valence-corrected chi connectivity index (χ4v) is 6.79. The highest BCUT2D eigenvalue weighted by Gasteiger charge is 2.35. The Morgan fingerprint density at radius 3 is 2.38 bits per heavy atom. The van der Waals surface area contributed by atoms with Gasteiger partial charge in [-0.1, -0.05) is 27.3 Å². The first-order chi connectivity index (χ1) is 19.2. The molecule has 0 saturated heterocycles. The second-order valence-electron chi connectivity index (χ2n) is 8.50. The maximum Gasteiger partial charge on any atom is 0.338 e. The van der Waals surface area contributed by atoms with Crippen molar-refractivity contribution < 1.29 is 28.5 Å². The molecular weight excluding hydrogens is 715 g/mol. The third-order valence-corrected chi connectivity index (χ3v) is 8.62. The molecule has 4 rings (SSSR count). The largest absolute Gasteiger partial charge is 0.493 e. The number of nitrogens with zero attached hydrogens (tertiary/aromatic N) is 2. The standard InChI is InChI=1S/C28H28BrIN2O7S/c1-7-38-25-18(30)9-15(10-21(25)37-6)11-22-26(33)32-24(16-12-19(35-4)20(36-5)13-17(16)29)23(27(34)39-8-2)14(3)31-28(32)40-22/h9-13,24H,7-8H2,1-6H3/b22-11-/t24-/m0/s1. The number of benzene rings is 2. The van der Waals surface area contributed by atoms with Crippen LogP contribution < -0.4 is 33.8 Å². The Hall–Kier alpha value is -2.84. The molecule has 212 valence electrons. The first-order valence-corrected chi connectivity index (χ1v) is 15.0. The van der Waals surface area contributed by atoms with Crippen LogP contribution in [0, 0.1) is 3.57 Å². The van der Waals surface area contributed by atoms with Crippen LogP contribution in [0.3, 0.4) is 0 Å². The Morgan fingerprint density at radius 1 is 1.07 bits per heavy atom. The molecular formula is C28H28BrIN2O7S. The van der Waals surface area contributed by atoms with E-state index in [4.69, 9.17) is 23.7 Å². The molecule has 0 N–H and O–H groups in total.